The zero-order valence-corrected chi connectivity index (χ0v) is 11.7. The highest BCUT2D eigenvalue weighted by atomic mass is 16.6. The van der Waals surface area contributed by atoms with Gasteiger partial charge >= 0.3 is 0 Å². The quantitative estimate of drug-likeness (QED) is 0.665. The molecule has 0 radical (unpaired) electrons. The number of nitro benzene ring substituents is 1. The maximum atomic E-state index is 11.0. The van der Waals surface area contributed by atoms with Crippen molar-refractivity contribution in [3.05, 3.63) is 39.9 Å². The first-order chi connectivity index (χ1) is 8.98. The van der Waals surface area contributed by atoms with Gasteiger partial charge in [-0.15, -0.1) is 0 Å². The first kappa shape index (κ1) is 14.0. The van der Waals surface area contributed by atoms with E-state index in [-0.39, 0.29) is 10.6 Å². The number of nitrogens with one attached hydrogen (secondary N) is 1. The molecule has 0 bridgehead atoms. The monoisotopic (exact) mass is 262 g/mol. The molecule has 2 rings (SSSR count). The van der Waals surface area contributed by atoms with E-state index in [0.717, 1.165) is 12.0 Å². The minimum absolute atomic E-state index is 0.213. The molecule has 1 aliphatic carbocycles. The van der Waals surface area contributed by atoms with Crippen molar-refractivity contribution in [2.24, 2.45) is 5.41 Å². The minimum Gasteiger partial charge on any atom is -0.310 e. The number of nitro groups is 1. The van der Waals surface area contributed by atoms with Gasteiger partial charge in [-0.3, -0.25) is 10.1 Å². The lowest BCUT2D eigenvalue weighted by Gasteiger charge is -2.35. The number of benzene rings is 1. The predicted octanol–water partition coefficient (Wildman–Crippen LogP) is 3.65. The average molecular weight is 262 g/mol. The predicted molar refractivity (Wildman–Crippen MR) is 76.0 cm³/mol. The van der Waals surface area contributed by atoms with Gasteiger partial charge in [-0.2, -0.15) is 0 Å². The van der Waals surface area contributed by atoms with E-state index in [1.54, 1.807) is 12.1 Å². The number of hydrogen-bond acceptors (Lipinski definition) is 3. The van der Waals surface area contributed by atoms with Gasteiger partial charge in [0.25, 0.3) is 5.69 Å². The Labute approximate surface area is 114 Å². The Morgan fingerprint density at radius 2 is 2.16 bits per heavy atom. The average Bonchev–Trinajstić information content (AvgIpc) is 2.35. The van der Waals surface area contributed by atoms with E-state index in [1.165, 1.54) is 19.3 Å². The molecule has 0 aliphatic heterocycles. The van der Waals surface area contributed by atoms with E-state index in [9.17, 15) is 10.1 Å². The van der Waals surface area contributed by atoms with Crippen LogP contribution in [0.15, 0.2) is 24.3 Å². The van der Waals surface area contributed by atoms with Crippen molar-refractivity contribution in [1.82, 2.24) is 5.32 Å². The molecular formula is C15H22N2O2. The van der Waals surface area contributed by atoms with Crippen molar-refractivity contribution in [2.45, 2.75) is 52.1 Å². The Morgan fingerprint density at radius 1 is 1.42 bits per heavy atom. The van der Waals surface area contributed by atoms with Crippen LogP contribution < -0.4 is 5.32 Å². The smallest absolute Gasteiger partial charge is 0.273 e. The molecule has 1 aromatic carbocycles. The molecule has 4 nitrogen and oxygen atoms in total. The maximum Gasteiger partial charge on any atom is 0.273 e. The summed E-state index contributed by atoms with van der Waals surface area (Å²) in [7, 11) is 0. The summed E-state index contributed by atoms with van der Waals surface area (Å²) >= 11 is 0. The normalized spacial score (nSPS) is 22.1. The van der Waals surface area contributed by atoms with Crippen LogP contribution in [0.2, 0.25) is 0 Å². The largest absolute Gasteiger partial charge is 0.310 e. The molecule has 0 saturated heterocycles. The summed E-state index contributed by atoms with van der Waals surface area (Å²) in [5.74, 6) is 0. The number of nitrogens with zero attached hydrogens (tertiary/aromatic N) is 1. The van der Waals surface area contributed by atoms with Crippen LogP contribution in [-0.4, -0.2) is 11.0 Å². The van der Waals surface area contributed by atoms with Crippen molar-refractivity contribution in [3.8, 4) is 0 Å². The van der Waals surface area contributed by atoms with Crippen LogP contribution in [0.25, 0.3) is 0 Å². The molecule has 1 aromatic rings. The summed E-state index contributed by atoms with van der Waals surface area (Å²) in [6.45, 7) is 5.18. The highest BCUT2D eigenvalue weighted by Gasteiger charge is 2.27. The van der Waals surface area contributed by atoms with E-state index in [0.29, 0.717) is 18.0 Å². The fraction of sp³-hybridized carbons (Fsp3) is 0.600. The van der Waals surface area contributed by atoms with Gasteiger partial charge in [0.05, 0.1) is 4.92 Å². The number of para-hydroxylation sites is 1. The molecule has 1 unspecified atom stereocenters. The van der Waals surface area contributed by atoms with E-state index < -0.39 is 0 Å². The second-order valence-corrected chi connectivity index (χ2v) is 6.22. The van der Waals surface area contributed by atoms with Gasteiger partial charge in [-0.25, -0.2) is 0 Å². The number of hydrogen-bond donors (Lipinski definition) is 1. The van der Waals surface area contributed by atoms with Crippen LogP contribution in [0.4, 0.5) is 5.69 Å². The third kappa shape index (κ3) is 3.77. The van der Waals surface area contributed by atoms with E-state index in [2.05, 4.69) is 19.2 Å². The Bertz CT molecular complexity index is 457. The van der Waals surface area contributed by atoms with E-state index >= 15 is 0 Å². The van der Waals surface area contributed by atoms with Crippen molar-refractivity contribution in [3.63, 3.8) is 0 Å². The van der Waals surface area contributed by atoms with Crippen LogP contribution >= 0.6 is 0 Å². The Morgan fingerprint density at radius 3 is 2.84 bits per heavy atom. The Hall–Kier alpha value is -1.42. The van der Waals surface area contributed by atoms with Gasteiger partial charge in [0.2, 0.25) is 0 Å². The standard InChI is InChI=1S/C15H22N2O2/c1-15(2)9-5-7-13(10-15)16-11-12-6-3-4-8-14(12)17(18)19/h3-4,6,8,13,16H,5,7,9-11H2,1-2H3. The van der Waals surface area contributed by atoms with Crippen molar-refractivity contribution in [1.29, 1.82) is 0 Å². The van der Waals surface area contributed by atoms with Crippen LogP contribution in [0, 0.1) is 15.5 Å². The van der Waals surface area contributed by atoms with Gasteiger partial charge in [0.15, 0.2) is 0 Å². The molecule has 1 aliphatic rings. The molecule has 1 saturated carbocycles. The zero-order valence-electron chi connectivity index (χ0n) is 11.7. The zero-order chi connectivity index (χ0) is 13.9. The van der Waals surface area contributed by atoms with Gasteiger partial charge < -0.3 is 5.32 Å². The van der Waals surface area contributed by atoms with Crippen LogP contribution in [0.1, 0.15) is 45.1 Å². The van der Waals surface area contributed by atoms with Crippen LogP contribution in [0.5, 0.6) is 0 Å². The van der Waals surface area contributed by atoms with Gasteiger partial charge in [-0.1, -0.05) is 38.5 Å². The molecule has 0 amide bonds. The molecule has 0 aromatic heterocycles. The maximum absolute atomic E-state index is 11.0. The molecule has 104 valence electrons. The molecule has 1 N–H and O–H groups in total. The molecule has 0 spiro atoms. The second-order valence-electron chi connectivity index (χ2n) is 6.22. The molecule has 1 fully saturated rings. The Kier molecular flexibility index (Phi) is 4.20. The van der Waals surface area contributed by atoms with E-state index in [1.807, 2.05) is 12.1 Å². The SMILES string of the molecule is CC1(C)CCCC(NCc2ccccc2[N+](=O)[O-])C1. The fourth-order valence-corrected chi connectivity index (χ4v) is 2.97. The number of rotatable bonds is 4. The third-order valence-corrected chi connectivity index (χ3v) is 3.97. The van der Waals surface area contributed by atoms with Gasteiger partial charge in [-0.05, 0) is 24.7 Å². The topological polar surface area (TPSA) is 55.2 Å². The molecular weight excluding hydrogens is 240 g/mol. The molecule has 0 heterocycles. The lowest BCUT2D eigenvalue weighted by atomic mass is 9.75. The van der Waals surface area contributed by atoms with Crippen molar-refractivity contribution < 1.29 is 4.92 Å². The Balaban J connectivity index is 1.97. The first-order valence-corrected chi connectivity index (χ1v) is 6.94. The van der Waals surface area contributed by atoms with Crippen LogP contribution in [0.3, 0.4) is 0 Å². The lowest BCUT2D eigenvalue weighted by molar-refractivity contribution is -0.385. The summed E-state index contributed by atoms with van der Waals surface area (Å²) in [4.78, 5) is 10.6. The van der Waals surface area contributed by atoms with Crippen molar-refractivity contribution in [2.75, 3.05) is 0 Å². The third-order valence-electron chi connectivity index (χ3n) is 3.97. The summed E-state index contributed by atoms with van der Waals surface area (Å²) in [6.07, 6.45) is 4.83. The molecule has 1 atom stereocenters. The molecule has 4 heteroatoms. The highest BCUT2D eigenvalue weighted by molar-refractivity contribution is 5.39. The lowest BCUT2D eigenvalue weighted by Crippen LogP contribution is -2.36. The summed E-state index contributed by atoms with van der Waals surface area (Å²) in [5, 5.41) is 14.4. The van der Waals surface area contributed by atoms with Crippen LogP contribution in [-0.2, 0) is 6.54 Å². The summed E-state index contributed by atoms with van der Waals surface area (Å²) < 4.78 is 0. The summed E-state index contributed by atoms with van der Waals surface area (Å²) in [5.41, 5.74) is 1.37. The van der Waals surface area contributed by atoms with Crippen molar-refractivity contribution >= 4 is 5.69 Å². The summed E-state index contributed by atoms with van der Waals surface area (Å²) in [6, 6.07) is 7.45. The van der Waals surface area contributed by atoms with E-state index in [4.69, 9.17) is 0 Å². The highest BCUT2D eigenvalue weighted by Crippen LogP contribution is 2.35. The second kappa shape index (κ2) is 5.70. The fourth-order valence-electron chi connectivity index (χ4n) is 2.97. The first-order valence-electron chi connectivity index (χ1n) is 6.94. The minimum atomic E-state index is -0.304. The van der Waals surface area contributed by atoms with Gasteiger partial charge in [0.1, 0.15) is 0 Å². The molecule has 19 heavy (non-hydrogen) atoms. The van der Waals surface area contributed by atoms with Gasteiger partial charge in [0, 0.05) is 24.2 Å².